The average Bonchev–Trinajstić information content (AvgIpc) is 0.864. The molecule has 109 heavy (non-hydrogen) atoms. The Morgan fingerprint density at radius 3 is 0.835 bits per heavy atom. The molecule has 0 aliphatic rings. The number of aliphatic hydroxyl groups is 4. The van der Waals surface area contributed by atoms with Crippen LogP contribution < -0.4 is 18.3 Å². The van der Waals surface area contributed by atoms with E-state index in [1.807, 2.05) is 40.0 Å². The van der Waals surface area contributed by atoms with E-state index in [0.29, 0.717) is 95.1 Å². The monoisotopic (exact) mass is 1570 g/mol. The molecule has 8 rings (SSSR count). The normalized spacial score (nSPS) is 14.0. The lowest BCUT2D eigenvalue weighted by molar-refractivity contribution is -0.703. The standard InChI is InChI=1S/C42H59N2O3P.C41H56N2O4P2.12CH4/c1-5-35(39-15-11-8-12-16-39)30-34(4)38-17-23-43(24-18-38)31-41(45)21-27-47-48-28-22-42(46)32-44-25-19-40(20-26-44)36(6-2)29-33(3)37-13-9-7-10-14-37;1-5-34(38-16-11-8-12-17-38)29-33(4)37-18-22-42(23-19-37)30-40(44)48(46)26-13-27-49(47)41(45)31-43-24-20-39(21-25-43)35(6-2)28-32(3)36-14-9-7-10-15-36;;;;;;;;;;;;/h7-20,23-26,33-36,41-42,45-46,48H,5-6,21-22,27-32H2,1-4H3;7-12,14-25,32-35,40-41,44-45H,5-6,13,26-31H2,1-4H3;12*1H4/q+2;+4;;;;;;;;;;;;. The van der Waals surface area contributed by atoms with E-state index >= 15 is 0 Å². The van der Waals surface area contributed by atoms with E-state index in [9.17, 15) is 29.6 Å². The Hall–Kier alpha value is -6.09. The Morgan fingerprint density at radius 1 is 0.330 bits per heavy atom. The van der Waals surface area contributed by atoms with Gasteiger partial charge in [0, 0.05) is 70.2 Å². The van der Waals surface area contributed by atoms with Gasteiger partial charge in [-0.05, 0) is 156 Å². The Labute approximate surface area is 674 Å². The third kappa shape index (κ3) is 39.3. The second-order valence-electron chi connectivity index (χ2n) is 27.1. The molecule has 15 atom stereocenters. The van der Waals surface area contributed by atoms with Crippen LogP contribution in [0.4, 0.5) is 0 Å². The van der Waals surface area contributed by atoms with E-state index in [0.717, 1.165) is 57.5 Å². The van der Waals surface area contributed by atoms with Crippen molar-refractivity contribution in [3.63, 3.8) is 0 Å². The van der Waals surface area contributed by atoms with Crippen molar-refractivity contribution in [3.8, 4) is 0 Å². The van der Waals surface area contributed by atoms with Crippen LogP contribution in [0.2, 0.25) is 0 Å². The van der Waals surface area contributed by atoms with Crippen molar-refractivity contribution in [2.24, 2.45) is 0 Å². The van der Waals surface area contributed by atoms with E-state index in [-0.39, 0.29) is 115 Å². The van der Waals surface area contributed by atoms with Gasteiger partial charge in [0.1, 0.15) is 12.2 Å². The maximum Gasteiger partial charge on any atom is 0.377 e. The molecule has 4 aromatic carbocycles. The molecular weight excluding hydrogens is 1400 g/mol. The molecule has 0 spiro atoms. The zero-order chi connectivity index (χ0) is 69.3. The molecule has 4 heterocycles. The molecule has 4 aromatic heterocycles. The molecule has 15 unspecified atom stereocenters. The van der Waals surface area contributed by atoms with Crippen LogP contribution in [-0.2, 0) is 39.8 Å². The van der Waals surface area contributed by atoms with Gasteiger partial charge in [0.25, 0.3) is 0 Å². The van der Waals surface area contributed by atoms with Gasteiger partial charge in [-0.25, -0.2) is 9.13 Å². The van der Waals surface area contributed by atoms with Gasteiger partial charge in [0.15, 0.2) is 75.0 Å². The summed E-state index contributed by atoms with van der Waals surface area (Å²) in [6.07, 6.45) is 27.2. The summed E-state index contributed by atoms with van der Waals surface area (Å²) < 4.78 is 39.4. The lowest BCUT2D eigenvalue weighted by Gasteiger charge is -2.20. The van der Waals surface area contributed by atoms with Crippen molar-refractivity contribution >= 4 is 24.4 Å². The van der Waals surface area contributed by atoms with E-state index < -0.39 is 39.5 Å². The number of hydrogen-bond acceptors (Lipinski definition) is 7. The van der Waals surface area contributed by atoms with Crippen molar-refractivity contribution < 1.29 is 52.3 Å². The number of nitrogens with zero attached hydrogens (tertiary/aromatic N) is 4. The highest BCUT2D eigenvalue weighted by Crippen LogP contribution is 2.37. The van der Waals surface area contributed by atoms with Crippen LogP contribution in [0.1, 0.15) is 307 Å². The molecule has 0 fully saturated rings. The average molecular weight is 1570 g/mol. The molecule has 0 radical (unpaired) electrons. The summed E-state index contributed by atoms with van der Waals surface area (Å²) in [6, 6.07) is 60.1. The smallest absolute Gasteiger partial charge is 0.377 e. The summed E-state index contributed by atoms with van der Waals surface area (Å²) in [5.74, 6) is 1.92. The van der Waals surface area contributed by atoms with E-state index in [2.05, 4.69) is 253 Å². The van der Waals surface area contributed by atoms with Crippen molar-refractivity contribution in [1.82, 2.24) is 0 Å². The van der Waals surface area contributed by atoms with Gasteiger partial charge in [0.05, 0.1) is 6.61 Å². The summed E-state index contributed by atoms with van der Waals surface area (Å²) in [4.78, 5) is 0. The third-order valence-corrected chi connectivity index (χ3v) is 23.9. The Balaban J connectivity index is -0.000000438. The molecule has 11 nitrogen and oxygen atoms in total. The highest BCUT2D eigenvalue weighted by atomic mass is 31.1. The second kappa shape index (κ2) is 62.4. The first-order chi connectivity index (χ1) is 47.0. The SMILES string of the molecule is C.C.C.C.C.C.C.C.C.C.C.C.CCC(CC(C)c1cc[n+](CC(O)CCOPCCC(O)C[n+]2ccc(C(CC)CC(C)c3ccccc3)cc2)cc1)c1ccccc1.CCC(CC(C)c1cc[n+](CC(O)[P+](=O)CCC[P+](=O)C(O)C[n+]2ccc(C(CC)CC(C)c3ccccc3)cc2)cc1)c1ccccc1. The fourth-order valence-corrected chi connectivity index (χ4v) is 16.8. The van der Waals surface area contributed by atoms with Gasteiger partial charge < -0.3 is 24.9 Å². The Bertz CT molecular complexity index is 3450. The quantitative estimate of drug-likeness (QED) is 0.0170. The third-order valence-electron chi connectivity index (χ3n) is 19.8. The Morgan fingerprint density at radius 2 is 0.560 bits per heavy atom. The summed E-state index contributed by atoms with van der Waals surface area (Å²) in [6.45, 7) is 20.3. The summed E-state index contributed by atoms with van der Waals surface area (Å²) in [5, 5.41) is 42.5. The highest BCUT2D eigenvalue weighted by Gasteiger charge is 2.36. The molecule has 614 valence electrons. The van der Waals surface area contributed by atoms with Gasteiger partial charge in [0.2, 0.25) is 13.1 Å². The summed E-state index contributed by atoms with van der Waals surface area (Å²) >= 11 is 0. The number of rotatable bonds is 41. The van der Waals surface area contributed by atoms with Gasteiger partial charge in [-0.1, -0.05) is 275 Å². The van der Waals surface area contributed by atoms with Crippen LogP contribution in [0.3, 0.4) is 0 Å². The van der Waals surface area contributed by atoms with Gasteiger partial charge in [-0.2, -0.15) is 9.13 Å². The minimum atomic E-state index is -1.89. The van der Waals surface area contributed by atoms with E-state index in [1.165, 1.54) is 44.5 Å². The summed E-state index contributed by atoms with van der Waals surface area (Å²) in [7, 11) is -3.45. The molecule has 0 aliphatic carbocycles. The number of aromatic nitrogens is 4. The molecule has 8 aromatic rings. The predicted molar refractivity (Wildman–Crippen MR) is 479 cm³/mol. The first kappa shape index (κ1) is 114. The first-order valence-electron chi connectivity index (χ1n) is 36.1. The number of aliphatic hydroxyl groups excluding tert-OH is 4. The van der Waals surface area contributed by atoms with E-state index in [1.54, 1.807) is 0 Å². The van der Waals surface area contributed by atoms with Gasteiger partial charge in [-0.15, -0.1) is 0 Å². The van der Waals surface area contributed by atoms with Gasteiger partial charge in [-0.3, -0.25) is 0 Å². The molecule has 0 saturated carbocycles. The number of hydrogen-bond donors (Lipinski definition) is 4. The van der Waals surface area contributed by atoms with Crippen LogP contribution in [-0.4, -0.2) is 69.4 Å². The maximum absolute atomic E-state index is 12.8. The minimum Gasteiger partial charge on any atom is -0.387 e. The lowest BCUT2D eigenvalue weighted by Crippen LogP contribution is -2.39. The largest absolute Gasteiger partial charge is 0.387 e. The number of benzene rings is 4. The molecule has 4 N–H and O–H groups in total. The van der Waals surface area contributed by atoms with Crippen LogP contribution in [0, 0.1) is 0 Å². The number of pyridine rings is 4. The maximum atomic E-state index is 12.8. The van der Waals surface area contributed by atoms with E-state index in [4.69, 9.17) is 4.52 Å². The minimum absolute atomic E-state index is 0. The van der Waals surface area contributed by atoms with Crippen LogP contribution in [0.25, 0.3) is 0 Å². The summed E-state index contributed by atoms with van der Waals surface area (Å²) in [5.41, 5.74) is 10.8. The van der Waals surface area contributed by atoms with Crippen LogP contribution >= 0.6 is 24.4 Å². The molecule has 0 aliphatic heterocycles. The van der Waals surface area contributed by atoms with Crippen LogP contribution in [0.5, 0.6) is 0 Å². The highest BCUT2D eigenvalue weighted by molar-refractivity contribution is 7.46. The van der Waals surface area contributed by atoms with Crippen molar-refractivity contribution in [2.75, 3.05) is 25.1 Å². The van der Waals surface area contributed by atoms with Crippen molar-refractivity contribution in [2.45, 2.75) is 313 Å². The van der Waals surface area contributed by atoms with Gasteiger partial charge >= 0.3 is 27.3 Å². The van der Waals surface area contributed by atoms with Crippen LogP contribution in [0.15, 0.2) is 219 Å². The first-order valence-corrected chi connectivity index (χ1v) is 40.3. The van der Waals surface area contributed by atoms with Crippen molar-refractivity contribution in [1.29, 1.82) is 0 Å². The molecule has 14 heteroatoms. The Kier molecular flexibility index (Phi) is 65.2. The fourth-order valence-electron chi connectivity index (χ4n) is 13.5. The zero-order valence-electron chi connectivity index (χ0n) is 59.3. The lowest BCUT2D eigenvalue weighted by atomic mass is 9.85. The molecular formula is C95H163N4O7P3+6. The molecule has 0 amide bonds. The topological polar surface area (TPSA) is 140 Å². The predicted octanol–water partition coefficient (Wildman–Crippen LogP) is 25.1. The second-order valence-corrected chi connectivity index (χ2v) is 32.0. The van der Waals surface area contributed by atoms with Crippen molar-refractivity contribution in [3.05, 3.63) is 264 Å². The molecule has 0 bridgehead atoms. The fraction of sp³-hybridized carbons (Fsp3) is 0.537. The zero-order valence-corrected chi connectivity index (χ0v) is 62.1. The molecule has 0 saturated heterocycles.